The van der Waals surface area contributed by atoms with Crippen molar-refractivity contribution in [2.24, 2.45) is 0 Å². The molecule has 0 heterocycles. The Balaban J connectivity index is 2.38. The first-order chi connectivity index (χ1) is 9.11. The molecular weight excluding hydrogens is 237 g/mol. The minimum Gasteiger partial charge on any atom is -0.307 e. The van der Waals surface area contributed by atoms with Crippen LogP contribution in [0.4, 0.5) is 4.39 Å². The normalized spacial score (nSPS) is 12.4. The summed E-state index contributed by atoms with van der Waals surface area (Å²) >= 11 is 0. The molecule has 0 saturated carbocycles. The second-order valence-corrected chi connectivity index (χ2v) is 4.91. The molecule has 0 radical (unpaired) electrons. The molecule has 0 saturated heterocycles. The van der Waals surface area contributed by atoms with Gasteiger partial charge in [0.15, 0.2) is 0 Å². The Morgan fingerprint density at radius 1 is 1.00 bits per heavy atom. The van der Waals surface area contributed by atoms with Gasteiger partial charge in [-0.25, -0.2) is 4.39 Å². The van der Waals surface area contributed by atoms with E-state index in [1.807, 2.05) is 12.1 Å². The lowest BCUT2D eigenvalue weighted by molar-refractivity contribution is 0.597. The monoisotopic (exact) mass is 257 g/mol. The number of rotatable bonds is 4. The Bertz CT molecular complexity index is 546. The molecule has 0 aliphatic carbocycles. The van der Waals surface area contributed by atoms with Crippen LogP contribution in [0.5, 0.6) is 0 Å². The number of hydrogen-bond acceptors (Lipinski definition) is 1. The van der Waals surface area contributed by atoms with E-state index in [9.17, 15) is 4.39 Å². The van der Waals surface area contributed by atoms with Gasteiger partial charge < -0.3 is 5.32 Å². The Morgan fingerprint density at radius 3 is 2.21 bits per heavy atom. The van der Waals surface area contributed by atoms with E-state index in [1.54, 1.807) is 13.0 Å². The van der Waals surface area contributed by atoms with Crippen molar-refractivity contribution >= 4 is 0 Å². The van der Waals surface area contributed by atoms with Gasteiger partial charge in [0.25, 0.3) is 0 Å². The first-order valence-electron chi connectivity index (χ1n) is 6.68. The molecule has 1 N–H and O–H groups in total. The van der Waals surface area contributed by atoms with Crippen LogP contribution < -0.4 is 5.32 Å². The summed E-state index contributed by atoms with van der Waals surface area (Å²) in [6.45, 7) is 6.75. The summed E-state index contributed by atoms with van der Waals surface area (Å²) in [5, 5.41) is 3.41. The Morgan fingerprint density at radius 2 is 1.63 bits per heavy atom. The van der Waals surface area contributed by atoms with Gasteiger partial charge in [0.2, 0.25) is 0 Å². The topological polar surface area (TPSA) is 12.0 Å². The van der Waals surface area contributed by atoms with Gasteiger partial charge >= 0.3 is 0 Å². The highest BCUT2D eigenvalue weighted by atomic mass is 19.1. The molecule has 0 spiro atoms. The van der Waals surface area contributed by atoms with Crippen molar-refractivity contribution in [2.45, 2.75) is 26.8 Å². The number of halogens is 1. The van der Waals surface area contributed by atoms with E-state index in [4.69, 9.17) is 0 Å². The van der Waals surface area contributed by atoms with Crippen LogP contribution in [0.2, 0.25) is 0 Å². The van der Waals surface area contributed by atoms with Crippen molar-refractivity contribution < 1.29 is 4.39 Å². The van der Waals surface area contributed by atoms with Crippen LogP contribution in [0.1, 0.15) is 35.2 Å². The molecule has 0 aliphatic rings. The first-order valence-corrected chi connectivity index (χ1v) is 6.68. The lowest BCUT2D eigenvalue weighted by atomic mass is 9.97. The number of aryl methyl sites for hydroxylation is 2. The standard InChI is InChI=1S/C17H20FN/c1-4-19-17(14-8-5-12(2)6-9-14)15-10-7-13(3)16(18)11-15/h5-11,17,19H,4H2,1-3H3. The minimum absolute atomic E-state index is 0.0423. The molecule has 0 fully saturated rings. The van der Waals surface area contributed by atoms with Crippen LogP contribution in [0.15, 0.2) is 42.5 Å². The summed E-state index contributed by atoms with van der Waals surface area (Å²) in [6.07, 6.45) is 0. The molecule has 1 unspecified atom stereocenters. The molecular formula is C17H20FN. The maximum absolute atomic E-state index is 13.7. The molecule has 0 bridgehead atoms. The predicted molar refractivity (Wildman–Crippen MR) is 77.8 cm³/mol. The number of nitrogens with one attached hydrogen (secondary N) is 1. The second-order valence-electron chi connectivity index (χ2n) is 4.91. The lowest BCUT2D eigenvalue weighted by Crippen LogP contribution is -2.22. The Labute approximate surface area is 114 Å². The highest BCUT2D eigenvalue weighted by Crippen LogP contribution is 2.24. The van der Waals surface area contributed by atoms with E-state index >= 15 is 0 Å². The molecule has 0 amide bonds. The summed E-state index contributed by atoms with van der Waals surface area (Å²) in [5.41, 5.74) is 4.04. The highest BCUT2D eigenvalue weighted by molar-refractivity contribution is 5.35. The van der Waals surface area contributed by atoms with Gasteiger partial charge in [-0.05, 0) is 43.1 Å². The average molecular weight is 257 g/mol. The van der Waals surface area contributed by atoms with Gasteiger partial charge in [-0.15, -0.1) is 0 Å². The molecule has 1 atom stereocenters. The zero-order valence-corrected chi connectivity index (χ0v) is 11.7. The highest BCUT2D eigenvalue weighted by Gasteiger charge is 2.13. The zero-order chi connectivity index (χ0) is 13.8. The Hall–Kier alpha value is -1.67. The maximum atomic E-state index is 13.7. The quantitative estimate of drug-likeness (QED) is 0.868. The third-order valence-corrected chi connectivity index (χ3v) is 3.35. The fourth-order valence-corrected chi connectivity index (χ4v) is 2.18. The van der Waals surface area contributed by atoms with Crippen molar-refractivity contribution in [3.05, 3.63) is 70.5 Å². The van der Waals surface area contributed by atoms with Gasteiger partial charge in [0.1, 0.15) is 5.82 Å². The van der Waals surface area contributed by atoms with Gasteiger partial charge in [0.05, 0.1) is 6.04 Å². The van der Waals surface area contributed by atoms with E-state index in [-0.39, 0.29) is 11.9 Å². The van der Waals surface area contributed by atoms with E-state index in [2.05, 4.69) is 43.4 Å². The predicted octanol–water partition coefficient (Wildman–Crippen LogP) is 4.14. The van der Waals surface area contributed by atoms with Gasteiger partial charge in [-0.3, -0.25) is 0 Å². The van der Waals surface area contributed by atoms with Crippen LogP contribution in [0, 0.1) is 19.7 Å². The van der Waals surface area contributed by atoms with E-state index in [1.165, 1.54) is 5.56 Å². The van der Waals surface area contributed by atoms with Crippen molar-refractivity contribution in [1.29, 1.82) is 0 Å². The second kappa shape index (κ2) is 5.98. The average Bonchev–Trinajstić information content (AvgIpc) is 2.41. The summed E-state index contributed by atoms with van der Waals surface area (Å²) in [6, 6.07) is 13.9. The maximum Gasteiger partial charge on any atom is 0.126 e. The number of hydrogen-bond donors (Lipinski definition) is 1. The van der Waals surface area contributed by atoms with Gasteiger partial charge in [-0.2, -0.15) is 0 Å². The largest absolute Gasteiger partial charge is 0.307 e. The molecule has 1 nitrogen and oxygen atoms in total. The van der Waals surface area contributed by atoms with Crippen molar-refractivity contribution in [3.63, 3.8) is 0 Å². The summed E-state index contributed by atoms with van der Waals surface area (Å²) < 4.78 is 13.7. The van der Waals surface area contributed by atoms with Crippen LogP contribution in [-0.4, -0.2) is 6.54 Å². The molecule has 100 valence electrons. The molecule has 19 heavy (non-hydrogen) atoms. The zero-order valence-electron chi connectivity index (χ0n) is 11.7. The van der Waals surface area contributed by atoms with Crippen LogP contribution in [-0.2, 0) is 0 Å². The minimum atomic E-state index is -0.146. The molecule has 2 aromatic carbocycles. The van der Waals surface area contributed by atoms with Crippen LogP contribution >= 0.6 is 0 Å². The third kappa shape index (κ3) is 3.21. The fourth-order valence-electron chi connectivity index (χ4n) is 2.18. The number of benzene rings is 2. The van der Waals surface area contributed by atoms with Gasteiger partial charge in [0, 0.05) is 0 Å². The van der Waals surface area contributed by atoms with Crippen molar-refractivity contribution in [3.8, 4) is 0 Å². The van der Waals surface area contributed by atoms with Crippen molar-refractivity contribution in [1.82, 2.24) is 5.32 Å². The third-order valence-electron chi connectivity index (χ3n) is 3.35. The van der Waals surface area contributed by atoms with E-state index in [0.717, 1.165) is 17.7 Å². The smallest absolute Gasteiger partial charge is 0.126 e. The summed E-state index contributed by atoms with van der Waals surface area (Å²) in [4.78, 5) is 0. The van der Waals surface area contributed by atoms with Crippen LogP contribution in [0.25, 0.3) is 0 Å². The first kappa shape index (κ1) is 13.8. The Kier molecular flexibility index (Phi) is 4.33. The lowest BCUT2D eigenvalue weighted by Gasteiger charge is -2.19. The molecule has 2 aromatic rings. The SMILES string of the molecule is CCNC(c1ccc(C)cc1)c1ccc(C)c(F)c1. The molecule has 2 rings (SSSR count). The van der Waals surface area contributed by atoms with E-state index in [0.29, 0.717) is 5.56 Å². The summed E-state index contributed by atoms with van der Waals surface area (Å²) in [7, 11) is 0. The molecule has 0 aromatic heterocycles. The fraction of sp³-hybridized carbons (Fsp3) is 0.294. The van der Waals surface area contributed by atoms with Crippen LogP contribution in [0.3, 0.4) is 0 Å². The summed E-state index contributed by atoms with van der Waals surface area (Å²) in [5.74, 6) is -0.146. The van der Waals surface area contributed by atoms with E-state index < -0.39 is 0 Å². The molecule has 2 heteroatoms. The van der Waals surface area contributed by atoms with Crippen molar-refractivity contribution in [2.75, 3.05) is 6.54 Å². The van der Waals surface area contributed by atoms with Gasteiger partial charge in [-0.1, -0.05) is 48.9 Å². The molecule has 0 aliphatic heterocycles.